The number of piperazine rings is 1. The number of halogens is 1. The van der Waals surface area contributed by atoms with Gasteiger partial charge in [0, 0.05) is 32.4 Å². The van der Waals surface area contributed by atoms with Crippen LogP contribution in [0.2, 0.25) is 0 Å². The van der Waals surface area contributed by atoms with Crippen molar-refractivity contribution in [3.8, 4) is 6.01 Å². The molecule has 1 aliphatic heterocycles. The number of ether oxygens (including phenoxy) is 1. The SMILES string of the molecule is Cl.c1ccc(COc2nccc(N3CCNCC3)n2)cc1. The molecule has 1 aromatic carbocycles. The van der Waals surface area contributed by atoms with Crippen molar-refractivity contribution in [3.05, 3.63) is 48.2 Å². The summed E-state index contributed by atoms with van der Waals surface area (Å²) in [6, 6.07) is 12.4. The van der Waals surface area contributed by atoms with Crippen LogP contribution >= 0.6 is 12.4 Å². The van der Waals surface area contributed by atoms with Crippen LogP contribution in [0.4, 0.5) is 5.82 Å². The monoisotopic (exact) mass is 306 g/mol. The highest BCUT2D eigenvalue weighted by Gasteiger charge is 2.12. The van der Waals surface area contributed by atoms with E-state index in [0.717, 1.165) is 37.6 Å². The molecule has 0 bridgehead atoms. The smallest absolute Gasteiger partial charge is 0.318 e. The number of nitrogens with one attached hydrogen (secondary N) is 1. The molecule has 3 rings (SSSR count). The minimum Gasteiger partial charge on any atom is -0.459 e. The van der Waals surface area contributed by atoms with Crippen molar-refractivity contribution in [2.45, 2.75) is 6.61 Å². The first-order valence-corrected chi connectivity index (χ1v) is 6.87. The van der Waals surface area contributed by atoms with Gasteiger partial charge in [0.05, 0.1) is 0 Å². The Balaban J connectivity index is 0.00000161. The summed E-state index contributed by atoms with van der Waals surface area (Å²) in [5.41, 5.74) is 1.11. The van der Waals surface area contributed by atoms with E-state index in [1.54, 1.807) is 6.20 Å². The van der Waals surface area contributed by atoms with Crippen molar-refractivity contribution in [1.29, 1.82) is 0 Å². The Morgan fingerprint density at radius 3 is 2.62 bits per heavy atom. The van der Waals surface area contributed by atoms with Gasteiger partial charge < -0.3 is 15.0 Å². The third-order valence-corrected chi connectivity index (χ3v) is 3.27. The first-order chi connectivity index (χ1) is 9.92. The lowest BCUT2D eigenvalue weighted by Gasteiger charge is -2.28. The van der Waals surface area contributed by atoms with Crippen molar-refractivity contribution in [1.82, 2.24) is 15.3 Å². The Morgan fingerprint density at radius 1 is 1.10 bits per heavy atom. The normalized spacial score (nSPS) is 14.4. The molecule has 0 saturated carbocycles. The van der Waals surface area contributed by atoms with Gasteiger partial charge in [-0.1, -0.05) is 30.3 Å². The van der Waals surface area contributed by atoms with Crippen LogP contribution in [-0.2, 0) is 6.61 Å². The molecule has 2 aromatic rings. The maximum atomic E-state index is 5.66. The van der Waals surface area contributed by atoms with Gasteiger partial charge in [0.2, 0.25) is 0 Å². The molecule has 1 aromatic heterocycles. The van der Waals surface area contributed by atoms with Crippen molar-refractivity contribution < 1.29 is 4.74 Å². The molecule has 0 radical (unpaired) electrons. The summed E-state index contributed by atoms with van der Waals surface area (Å²) in [5, 5.41) is 3.33. The van der Waals surface area contributed by atoms with E-state index >= 15 is 0 Å². The molecule has 0 spiro atoms. The molecule has 0 amide bonds. The molecule has 0 atom stereocenters. The fourth-order valence-electron chi connectivity index (χ4n) is 2.19. The van der Waals surface area contributed by atoms with E-state index in [-0.39, 0.29) is 12.4 Å². The van der Waals surface area contributed by atoms with Crippen LogP contribution in [0.1, 0.15) is 5.56 Å². The van der Waals surface area contributed by atoms with E-state index in [9.17, 15) is 0 Å². The largest absolute Gasteiger partial charge is 0.459 e. The molecular weight excluding hydrogens is 288 g/mol. The molecule has 5 nitrogen and oxygen atoms in total. The van der Waals surface area contributed by atoms with Crippen LogP contribution in [-0.4, -0.2) is 36.1 Å². The predicted octanol–water partition coefficient (Wildman–Crippen LogP) is 1.89. The fourth-order valence-corrected chi connectivity index (χ4v) is 2.19. The van der Waals surface area contributed by atoms with Crippen LogP contribution in [0, 0.1) is 0 Å². The number of aromatic nitrogens is 2. The van der Waals surface area contributed by atoms with Crippen LogP contribution < -0.4 is 15.0 Å². The van der Waals surface area contributed by atoms with Crippen molar-refractivity contribution >= 4 is 18.2 Å². The van der Waals surface area contributed by atoms with Gasteiger partial charge in [-0.05, 0) is 11.6 Å². The quantitative estimate of drug-likeness (QED) is 0.935. The summed E-state index contributed by atoms with van der Waals surface area (Å²) in [6.07, 6.45) is 1.75. The molecule has 2 heterocycles. The van der Waals surface area contributed by atoms with Gasteiger partial charge >= 0.3 is 6.01 Å². The summed E-state index contributed by atoms with van der Waals surface area (Å²) in [7, 11) is 0. The third-order valence-electron chi connectivity index (χ3n) is 3.27. The lowest BCUT2D eigenvalue weighted by atomic mass is 10.2. The van der Waals surface area contributed by atoms with E-state index in [1.165, 1.54) is 0 Å². The molecule has 112 valence electrons. The van der Waals surface area contributed by atoms with Gasteiger partial charge in [-0.2, -0.15) is 4.98 Å². The zero-order chi connectivity index (χ0) is 13.6. The third kappa shape index (κ3) is 4.31. The van der Waals surface area contributed by atoms with E-state index in [2.05, 4.69) is 20.2 Å². The average Bonchev–Trinajstić information content (AvgIpc) is 2.55. The Kier molecular flexibility index (Phi) is 5.78. The second kappa shape index (κ2) is 7.81. The second-order valence-corrected chi connectivity index (χ2v) is 4.71. The average molecular weight is 307 g/mol. The second-order valence-electron chi connectivity index (χ2n) is 4.71. The van der Waals surface area contributed by atoms with Gasteiger partial charge in [0.25, 0.3) is 0 Å². The fraction of sp³-hybridized carbons (Fsp3) is 0.333. The highest BCUT2D eigenvalue weighted by atomic mass is 35.5. The Bertz CT molecular complexity index is 546. The number of hydrogen-bond acceptors (Lipinski definition) is 5. The van der Waals surface area contributed by atoms with E-state index in [1.807, 2.05) is 36.4 Å². The molecule has 1 fully saturated rings. The molecule has 1 N–H and O–H groups in total. The summed E-state index contributed by atoms with van der Waals surface area (Å²) < 4.78 is 5.66. The van der Waals surface area contributed by atoms with Gasteiger partial charge in [0.15, 0.2) is 0 Å². The molecule has 0 aliphatic carbocycles. The highest BCUT2D eigenvalue weighted by Crippen LogP contribution is 2.14. The van der Waals surface area contributed by atoms with E-state index < -0.39 is 0 Å². The number of benzene rings is 1. The standard InChI is InChI=1S/C15H18N4O.ClH/c1-2-4-13(5-3-1)12-20-15-17-7-6-14(18-15)19-10-8-16-9-11-19;/h1-7,16H,8-12H2;1H. The highest BCUT2D eigenvalue weighted by molar-refractivity contribution is 5.85. The molecule has 21 heavy (non-hydrogen) atoms. The lowest BCUT2D eigenvalue weighted by molar-refractivity contribution is 0.280. The first kappa shape index (κ1) is 15.5. The summed E-state index contributed by atoms with van der Waals surface area (Å²) in [4.78, 5) is 10.9. The zero-order valence-electron chi connectivity index (χ0n) is 11.7. The first-order valence-electron chi connectivity index (χ1n) is 6.87. The molecule has 0 unspecified atom stereocenters. The number of nitrogens with zero attached hydrogens (tertiary/aromatic N) is 3. The van der Waals surface area contributed by atoms with Gasteiger partial charge in [-0.25, -0.2) is 4.98 Å². The Hall–Kier alpha value is -1.85. The number of anilines is 1. The van der Waals surface area contributed by atoms with Crippen molar-refractivity contribution in [2.75, 3.05) is 31.1 Å². The number of rotatable bonds is 4. The Morgan fingerprint density at radius 2 is 1.86 bits per heavy atom. The molecule has 1 aliphatic rings. The summed E-state index contributed by atoms with van der Waals surface area (Å²) >= 11 is 0. The van der Waals surface area contributed by atoms with Crippen LogP contribution in [0.15, 0.2) is 42.6 Å². The van der Waals surface area contributed by atoms with Gasteiger partial charge in [-0.3, -0.25) is 0 Å². The topological polar surface area (TPSA) is 50.3 Å². The lowest BCUT2D eigenvalue weighted by Crippen LogP contribution is -2.43. The predicted molar refractivity (Wildman–Crippen MR) is 85.1 cm³/mol. The Labute approximate surface area is 130 Å². The van der Waals surface area contributed by atoms with Crippen LogP contribution in [0.3, 0.4) is 0 Å². The number of hydrogen-bond donors (Lipinski definition) is 1. The van der Waals surface area contributed by atoms with E-state index in [4.69, 9.17) is 4.74 Å². The summed E-state index contributed by atoms with van der Waals surface area (Å²) in [5.74, 6) is 0.935. The molecular formula is C15H19ClN4O. The van der Waals surface area contributed by atoms with Gasteiger partial charge in [0.1, 0.15) is 12.4 Å². The minimum atomic E-state index is 0. The molecule has 1 saturated heterocycles. The van der Waals surface area contributed by atoms with Crippen LogP contribution in [0.5, 0.6) is 6.01 Å². The van der Waals surface area contributed by atoms with Crippen molar-refractivity contribution in [2.24, 2.45) is 0 Å². The molecule has 6 heteroatoms. The van der Waals surface area contributed by atoms with E-state index in [0.29, 0.717) is 12.6 Å². The zero-order valence-corrected chi connectivity index (χ0v) is 12.6. The van der Waals surface area contributed by atoms with Crippen LogP contribution in [0.25, 0.3) is 0 Å². The van der Waals surface area contributed by atoms with Gasteiger partial charge in [-0.15, -0.1) is 12.4 Å². The maximum absolute atomic E-state index is 5.66. The van der Waals surface area contributed by atoms with Crippen molar-refractivity contribution in [3.63, 3.8) is 0 Å². The summed E-state index contributed by atoms with van der Waals surface area (Å²) in [6.45, 7) is 4.41. The minimum absolute atomic E-state index is 0. The maximum Gasteiger partial charge on any atom is 0.318 e.